The summed E-state index contributed by atoms with van der Waals surface area (Å²) in [5.74, 6) is 0.345. The summed E-state index contributed by atoms with van der Waals surface area (Å²) in [5.41, 5.74) is 1.91. The fourth-order valence-corrected chi connectivity index (χ4v) is 2.00. The molecule has 1 amide bonds. The molecule has 6 heteroatoms. The van der Waals surface area contributed by atoms with Crippen LogP contribution in [0.1, 0.15) is 36.3 Å². The first-order valence-corrected chi connectivity index (χ1v) is 7.53. The number of aryl methyl sites for hydroxylation is 1. The van der Waals surface area contributed by atoms with Gasteiger partial charge in [0.2, 0.25) is 0 Å². The lowest BCUT2D eigenvalue weighted by molar-refractivity contribution is 0.102. The first-order valence-electron chi connectivity index (χ1n) is 7.15. The second kappa shape index (κ2) is 7.22. The average molecular weight is 319 g/mol. The molecular weight excluding hydrogens is 300 g/mol. The van der Waals surface area contributed by atoms with Gasteiger partial charge in [-0.15, -0.1) is 0 Å². The van der Waals surface area contributed by atoms with Gasteiger partial charge in [0, 0.05) is 22.8 Å². The Bertz CT molecular complexity index is 675. The highest BCUT2D eigenvalue weighted by atomic mass is 35.5. The van der Waals surface area contributed by atoms with Gasteiger partial charge in [-0.2, -0.15) is 0 Å². The van der Waals surface area contributed by atoms with Crippen LogP contribution in [-0.2, 0) is 0 Å². The summed E-state index contributed by atoms with van der Waals surface area (Å²) in [6, 6.07) is 7.27. The Hall–Kier alpha value is -2.14. The zero-order chi connectivity index (χ0) is 16.1. The topological polar surface area (TPSA) is 66.9 Å². The fourth-order valence-electron chi connectivity index (χ4n) is 1.83. The molecule has 2 rings (SSSR count). The molecule has 0 spiro atoms. The molecule has 1 aromatic heterocycles. The zero-order valence-corrected chi connectivity index (χ0v) is 13.6. The van der Waals surface area contributed by atoms with E-state index in [4.69, 9.17) is 11.6 Å². The molecule has 0 fully saturated rings. The number of anilines is 2. The van der Waals surface area contributed by atoms with E-state index in [0.29, 0.717) is 22.2 Å². The molecule has 0 aliphatic rings. The number of halogens is 1. The Morgan fingerprint density at radius 3 is 2.82 bits per heavy atom. The van der Waals surface area contributed by atoms with Gasteiger partial charge in [-0.05, 0) is 38.0 Å². The summed E-state index contributed by atoms with van der Waals surface area (Å²) in [7, 11) is 0. The Kier molecular flexibility index (Phi) is 5.33. The Labute approximate surface area is 135 Å². The maximum absolute atomic E-state index is 12.3. The summed E-state index contributed by atoms with van der Waals surface area (Å²) in [6.45, 7) is 6.04. The Morgan fingerprint density at radius 1 is 1.32 bits per heavy atom. The van der Waals surface area contributed by atoms with Gasteiger partial charge in [-0.25, -0.2) is 9.97 Å². The number of benzene rings is 1. The lowest BCUT2D eigenvalue weighted by Crippen LogP contribution is -2.18. The molecule has 0 saturated carbocycles. The SMILES string of the molecule is CCC(C)Nc1cc(C(=O)Nc2cc(Cl)ccc2C)ncn1. The summed E-state index contributed by atoms with van der Waals surface area (Å²) >= 11 is 5.96. The second-order valence-electron chi connectivity index (χ2n) is 5.16. The maximum Gasteiger partial charge on any atom is 0.274 e. The van der Waals surface area contributed by atoms with Crippen LogP contribution in [-0.4, -0.2) is 21.9 Å². The molecule has 2 N–H and O–H groups in total. The van der Waals surface area contributed by atoms with Crippen molar-refractivity contribution in [3.63, 3.8) is 0 Å². The molecule has 22 heavy (non-hydrogen) atoms. The van der Waals surface area contributed by atoms with Crippen LogP contribution in [0.4, 0.5) is 11.5 Å². The fraction of sp³-hybridized carbons (Fsp3) is 0.312. The van der Waals surface area contributed by atoms with Crippen molar-refractivity contribution in [3.8, 4) is 0 Å². The molecule has 1 atom stereocenters. The second-order valence-corrected chi connectivity index (χ2v) is 5.59. The van der Waals surface area contributed by atoms with Crippen LogP contribution in [0, 0.1) is 6.92 Å². The maximum atomic E-state index is 12.3. The van der Waals surface area contributed by atoms with E-state index >= 15 is 0 Å². The molecule has 2 aromatic rings. The van der Waals surface area contributed by atoms with Gasteiger partial charge < -0.3 is 10.6 Å². The van der Waals surface area contributed by atoms with E-state index in [1.165, 1.54) is 6.33 Å². The van der Waals surface area contributed by atoms with Crippen molar-refractivity contribution < 1.29 is 4.79 Å². The number of hydrogen-bond donors (Lipinski definition) is 2. The molecule has 0 radical (unpaired) electrons. The van der Waals surface area contributed by atoms with Crippen molar-refractivity contribution in [1.29, 1.82) is 0 Å². The third-order valence-corrected chi connectivity index (χ3v) is 3.59. The summed E-state index contributed by atoms with van der Waals surface area (Å²) in [4.78, 5) is 20.5. The van der Waals surface area contributed by atoms with Crippen LogP contribution in [0.2, 0.25) is 5.02 Å². The molecule has 0 aliphatic heterocycles. The van der Waals surface area contributed by atoms with Gasteiger partial charge in [0.25, 0.3) is 5.91 Å². The van der Waals surface area contributed by atoms with Crippen molar-refractivity contribution >= 4 is 29.0 Å². The van der Waals surface area contributed by atoms with Gasteiger partial charge in [-0.3, -0.25) is 4.79 Å². The zero-order valence-electron chi connectivity index (χ0n) is 12.9. The first kappa shape index (κ1) is 16.2. The highest BCUT2D eigenvalue weighted by molar-refractivity contribution is 6.31. The molecule has 1 aromatic carbocycles. The smallest absolute Gasteiger partial charge is 0.274 e. The average Bonchev–Trinajstić information content (AvgIpc) is 2.51. The number of nitrogens with one attached hydrogen (secondary N) is 2. The van der Waals surface area contributed by atoms with Crippen LogP contribution < -0.4 is 10.6 Å². The monoisotopic (exact) mass is 318 g/mol. The number of carbonyl (C=O) groups excluding carboxylic acids is 1. The molecule has 5 nitrogen and oxygen atoms in total. The number of carbonyl (C=O) groups is 1. The lowest BCUT2D eigenvalue weighted by Gasteiger charge is -2.12. The van der Waals surface area contributed by atoms with Crippen molar-refractivity contribution in [2.75, 3.05) is 10.6 Å². The predicted octanol–water partition coefficient (Wildman–Crippen LogP) is 3.90. The molecule has 0 bridgehead atoms. The summed E-state index contributed by atoms with van der Waals surface area (Å²) < 4.78 is 0. The van der Waals surface area contributed by atoms with Gasteiger partial charge in [-0.1, -0.05) is 24.6 Å². The standard InChI is InChI=1S/C16H19ClN4O/c1-4-11(3)20-15-8-14(18-9-19-15)16(22)21-13-7-12(17)6-5-10(13)2/h5-9,11H,4H2,1-3H3,(H,21,22)(H,18,19,20). The van der Waals surface area contributed by atoms with Crippen molar-refractivity contribution in [2.45, 2.75) is 33.2 Å². The molecular formula is C16H19ClN4O. The molecule has 0 saturated heterocycles. The van der Waals surface area contributed by atoms with E-state index in [9.17, 15) is 4.79 Å². The largest absolute Gasteiger partial charge is 0.368 e. The third kappa shape index (κ3) is 4.18. The number of nitrogens with zero attached hydrogens (tertiary/aromatic N) is 2. The van der Waals surface area contributed by atoms with Crippen LogP contribution in [0.3, 0.4) is 0 Å². The first-order chi connectivity index (χ1) is 10.5. The quantitative estimate of drug-likeness (QED) is 0.877. The van der Waals surface area contributed by atoms with Crippen LogP contribution in [0.15, 0.2) is 30.6 Å². The number of rotatable bonds is 5. The van der Waals surface area contributed by atoms with Gasteiger partial charge in [0.05, 0.1) is 0 Å². The predicted molar refractivity (Wildman–Crippen MR) is 89.5 cm³/mol. The minimum atomic E-state index is -0.292. The highest BCUT2D eigenvalue weighted by Gasteiger charge is 2.11. The van der Waals surface area contributed by atoms with E-state index < -0.39 is 0 Å². The molecule has 116 valence electrons. The van der Waals surface area contributed by atoms with E-state index in [1.807, 2.05) is 13.0 Å². The van der Waals surface area contributed by atoms with E-state index in [0.717, 1.165) is 12.0 Å². The highest BCUT2D eigenvalue weighted by Crippen LogP contribution is 2.20. The van der Waals surface area contributed by atoms with Crippen molar-refractivity contribution in [1.82, 2.24) is 9.97 Å². The van der Waals surface area contributed by atoms with Crippen LogP contribution in [0.5, 0.6) is 0 Å². The molecule has 1 unspecified atom stereocenters. The van der Waals surface area contributed by atoms with Crippen molar-refractivity contribution in [2.24, 2.45) is 0 Å². The number of aromatic nitrogens is 2. The number of amides is 1. The minimum absolute atomic E-state index is 0.279. The molecule has 1 heterocycles. The normalized spacial score (nSPS) is 11.8. The van der Waals surface area contributed by atoms with Gasteiger partial charge in [0.1, 0.15) is 17.8 Å². The van der Waals surface area contributed by atoms with E-state index in [1.54, 1.807) is 18.2 Å². The number of hydrogen-bond acceptors (Lipinski definition) is 4. The minimum Gasteiger partial charge on any atom is -0.368 e. The van der Waals surface area contributed by atoms with Crippen molar-refractivity contribution in [3.05, 3.63) is 46.9 Å². The van der Waals surface area contributed by atoms with Gasteiger partial charge >= 0.3 is 0 Å². The van der Waals surface area contributed by atoms with Gasteiger partial charge in [0.15, 0.2) is 0 Å². The molecule has 0 aliphatic carbocycles. The van der Waals surface area contributed by atoms with E-state index in [2.05, 4.69) is 34.4 Å². The summed E-state index contributed by atoms with van der Waals surface area (Å²) in [5, 5.41) is 6.61. The Morgan fingerprint density at radius 2 is 2.09 bits per heavy atom. The van der Waals surface area contributed by atoms with Crippen LogP contribution >= 0.6 is 11.6 Å². The summed E-state index contributed by atoms with van der Waals surface area (Å²) in [6.07, 6.45) is 2.34. The van der Waals surface area contributed by atoms with E-state index in [-0.39, 0.29) is 11.9 Å². The lowest BCUT2D eigenvalue weighted by atomic mass is 10.2. The third-order valence-electron chi connectivity index (χ3n) is 3.35. The Balaban J connectivity index is 2.15. The van der Waals surface area contributed by atoms with Crippen LogP contribution in [0.25, 0.3) is 0 Å².